The average molecular weight is 283 g/mol. The van der Waals surface area contributed by atoms with Gasteiger partial charge in [-0.15, -0.1) is 0 Å². The third kappa shape index (κ3) is 4.84. The summed E-state index contributed by atoms with van der Waals surface area (Å²) in [6.45, 7) is 7.39. The highest BCUT2D eigenvalue weighted by atomic mass is 35.5. The Labute approximate surface area is 120 Å². The largest absolute Gasteiger partial charge is 0.355 e. The van der Waals surface area contributed by atoms with Crippen molar-refractivity contribution < 1.29 is 4.79 Å². The van der Waals surface area contributed by atoms with Crippen LogP contribution in [0.4, 0.5) is 0 Å². The highest BCUT2D eigenvalue weighted by molar-refractivity contribution is 6.30. The summed E-state index contributed by atoms with van der Waals surface area (Å²) in [6, 6.07) is 7.78. The maximum Gasteiger partial charge on any atom is 0.224 e. The summed E-state index contributed by atoms with van der Waals surface area (Å²) in [4.78, 5) is 11.9. The first-order valence-corrected chi connectivity index (χ1v) is 6.93. The molecule has 1 amide bonds. The van der Waals surface area contributed by atoms with Gasteiger partial charge < -0.3 is 10.6 Å². The van der Waals surface area contributed by atoms with E-state index in [2.05, 4.69) is 24.5 Å². The van der Waals surface area contributed by atoms with Crippen molar-refractivity contribution in [2.24, 2.45) is 5.92 Å². The van der Waals surface area contributed by atoms with E-state index in [0.717, 1.165) is 10.6 Å². The van der Waals surface area contributed by atoms with Gasteiger partial charge in [-0.25, -0.2) is 0 Å². The second-order valence-corrected chi connectivity index (χ2v) is 6.01. The molecule has 0 aliphatic rings. The van der Waals surface area contributed by atoms with Gasteiger partial charge >= 0.3 is 0 Å². The van der Waals surface area contributed by atoms with Crippen molar-refractivity contribution in [1.29, 1.82) is 0 Å². The van der Waals surface area contributed by atoms with Crippen LogP contribution in [-0.4, -0.2) is 26.0 Å². The Bertz CT molecular complexity index is 432. The van der Waals surface area contributed by atoms with E-state index < -0.39 is 0 Å². The normalized spacial score (nSPS) is 13.1. The highest BCUT2D eigenvalue weighted by Gasteiger charge is 2.22. The number of carbonyl (C=O) groups is 1. The van der Waals surface area contributed by atoms with Gasteiger partial charge in [0, 0.05) is 29.4 Å². The monoisotopic (exact) mass is 282 g/mol. The molecule has 0 fully saturated rings. The second kappa shape index (κ2) is 6.92. The number of hydrogen-bond acceptors (Lipinski definition) is 2. The van der Waals surface area contributed by atoms with E-state index in [1.165, 1.54) is 0 Å². The number of benzene rings is 1. The third-order valence-electron chi connectivity index (χ3n) is 3.27. The molecular weight excluding hydrogens is 260 g/mol. The Morgan fingerprint density at radius 2 is 2.11 bits per heavy atom. The summed E-state index contributed by atoms with van der Waals surface area (Å²) >= 11 is 6.01. The Balaban J connectivity index is 2.63. The standard InChI is InChI=1S/C15H23ClN2O/c1-11(9-17-4)14(19)18-10-15(2,3)12-6-5-7-13(16)8-12/h5-8,11,17H,9-10H2,1-4H3,(H,18,19). The van der Waals surface area contributed by atoms with Crippen molar-refractivity contribution in [3.63, 3.8) is 0 Å². The first-order valence-electron chi connectivity index (χ1n) is 6.55. The van der Waals surface area contributed by atoms with Crippen LogP contribution in [0.2, 0.25) is 5.02 Å². The molecule has 0 radical (unpaired) electrons. The summed E-state index contributed by atoms with van der Waals surface area (Å²) in [5, 5.41) is 6.73. The van der Waals surface area contributed by atoms with Crippen LogP contribution >= 0.6 is 11.6 Å². The van der Waals surface area contributed by atoms with Crippen molar-refractivity contribution >= 4 is 17.5 Å². The van der Waals surface area contributed by atoms with E-state index in [4.69, 9.17) is 11.6 Å². The maximum absolute atomic E-state index is 11.9. The molecule has 1 aromatic rings. The summed E-state index contributed by atoms with van der Waals surface area (Å²) in [7, 11) is 1.85. The lowest BCUT2D eigenvalue weighted by Crippen LogP contribution is -2.41. The van der Waals surface area contributed by atoms with Crippen LogP contribution in [0, 0.1) is 5.92 Å². The van der Waals surface area contributed by atoms with Gasteiger partial charge in [-0.2, -0.15) is 0 Å². The summed E-state index contributed by atoms with van der Waals surface area (Å²) in [5.41, 5.74) is 0.987. The van der Waals surface area contributed by atoms with Crippen molar-refractivity contribution in [3.8, 4) is 0 Å². The number of amides is 1. The Morgan fingerprint density at radius 3 is 2.68 bits per heavy atom. The lowest BCUT2D eigenvalue weighted by atomic mass is 9.84. The zero-order valence-corrected chi connectivity index (χ0v) is 12.8. The van der Waals surface area contributed by atoms with Gasteiger partial charge in [0.05, 0.1) is 0 Å². The number of halogens is 1. The summed E-state index contributed by atoms with van der Waals surface area (Å²) in [5.74, 6) is 0.0459. The van der Waals surface area contributed by atoms with Crippen LogP contribution in [0.1, 0.15) is 26.3 Å². The molecule has 2 N–H and O–H groups in total. The summed E-state index contributed by atoms with van der Waals surface area (Å²) < 4.78 is 0. The molecule has 0 heterocycles. The molecule has 0 saturated heterocycles. The molecule has 4 heteroatoms. The molecule has 0 aromatic heterocycles. The molecule has 1 atom stereocenters. The van der Waals surface area contributed by atoms with E-state index in [9.17, 15) is 4.79 Å². The van der Waals surface area contributed by atoms with Crippen LogP contribution in [-0.2, 0) is 10.2 Å². The molecule has 19 heavy (non-hydrogen) atoms. The Kier molecular flexibility index (Phi) is 5.83. The van der Waals surface area contributed by atoms with E-state index in [1.54, 1.807) is 0 Å². The zero-order valence-electron chi connectivity index (χ0n) is 12.1. The van der Waals surface area contributed by atoms with Gasteiger partial charge in [-0.3, -0.25) is 4.79 Å². The van der Waals surface area contributed by atoms with Crippen molar-refractivity contribution in [2.45, 2.75) is 26.2 Å². The van der Waals surface area contributed by atoms with Gasteiger partial charge in [0.1, 0.15) is 0 Å². The lowest BCUT2D eigenvalue weighted by molar-refractivity contribution is -0.124. The van der Waals surface area contributed by atoms with Crippen molar-refractivity contribution in [3.05, 3.63) is 34.9 Å². The van der Waals surface area contributed by atoms with Gasteiger partial charge in [-0.1, -0.05) is 44.5 Å². The molecule has 106 valence electrons. The average Bonchev–Trinajstić information content (AvgIpc) is 2.36. The minimum absolute atomic E-state index is 0.0276. The van der Waals surface area contributed by atoms with Crippen molar-refractivity contribution in [1.82, 2.24) is 10.6 Å². The fourth-order valence-corrected chi connectivity index (χ4v) is 2.08. The first-order chi connectivity index (χ1) is 8.86. The molecule has 0 spiro atoms. The summed E-state index contributed by atoms with van der Waals surface area (Å²) in [6.07, 6.45) is 0. The van der Waals surface area contributed by atoms with Crippen LogP contribution in [0.25, 0.3) is 0 Å². The van der Waals surface area contributed by atoms with Crippen LogP contribution in [0.5, 0.6) is 0 Å². The first kappa shape index (κ1) is 16.0. The maximum atomic E-state index is 11.9. The fraction of sp³-hybridized carbons (Fsp3) is 0.533. The Morgan fingerprint density at radius 1 is 1.42 bits per heavy atom. The number of rotatable bonds is 6. The quantitative estimate of drug-likeness (QED) is 0.842. The minimum Gasteiger partial charge on any atom is -0.355 e. The molecule has 3 nitrogen and oxygen atoms in total. The molecule has 1 aromatic carbocycles. The predicted octanol–water partition coefficient (Wildman–Crippen LogP) is 2.59. The Hall–Kier alpha value is -1.06. The number of hydrogen-bond donors (Lipinski definition) is 2. The van der Waals surface area contributed by atoms with Gasteiger partial charge in [0.25, 0.3) is 0 Å². The molecular formula is C15H23ClN2O. The smallest absolute Gasteiger partial charge is 0.224 e. The lowest BCUT2D eigenvalue weighted by Gasteiger charge is -2.26. The predicted molar refractivity (Wildman–Crippen MR) is 80.6 cm³/mol. The topological polar surface area (TPSA) is 41.1 Å². The van der Waals surface area contributed by atoms with E-state index in [-0.39, 0.29) is 17.2 Å². The fourth-order valence-electron chi connectivity index (χ4n) is 1.89. The molecule has 0 aliphatic heterocycles. The molecule has 0 saturated carbocycles. The molecule has 0 bridgehead atoms. The van der Waals surface area contributed by atoms with Gasteiger partial charge in [0.15, 0.2) is 0 Å². The van der Waals surface area contributed by atoms with E-state index in [0.29, 0.717) is 13.1 Å². The number of carbonyl (C=O) groups excluding carboxylic acids is 1. The third-order valence-corrected chi connectivity index (χ3v) is 3.50. The molecule has 1 rings (SSSR count). The second-order valence-electron chi connectivity index (χ2n) is 5.57. The SMILES string of the molecule is CNCC(C)C(=O)NCC(C)(C)c1cccc(Cl)c1. The van der Waals surface area contributed by atoms with Crippen LogP contribution in [0.15, 0.2) is 24.3 Å². The highest BCUT2D eigenvalue weighted by Crippen LogP contribution is 2.24. The van der Waals surface area contributed by atoms with E-state index >= 15 is 0 Å². The van der Waals surface area contributed by atoms with Crippen molar-refractivity contribution in [2.75, 3.05) is 20.1 Å². The van der Waals surface area contributed by atoms with Crippen LogP contribution < -0.4 is 10.6 Å². The van der Waals surface area contributed by atoms with E-state index in [1.807, 2.05) is 38.2 Å². The van der Waals surface area contributed by atoms with Gasteiger partial charge in [-0.05, 0) is 24.7 Å². The minimum atomic E-state index is -0.139. The zero-order chi connectivity index (χ0) is 14.5. The number of nitrogens with one attached hydrogen (secondary N) is 2. The van der Waals surface area contributed by atoms with Crippen LogP contribution in [0.3, 0.4) is 0 Å². The van der Waals surface area contributed by atoms with Gasteiger partial charge in [0.2, 0.25) is 5.91 Å². The molecule has 1 unspecified atom stereocenters. The molecule has 0 aliphatic carbocycles.